The Morgan fingerprint density at radius 3 is 2.32 bits per heavy atom. The van der Waals surface area contributed by atoms with Crippen molar-refractivity contribution >= 4 is 40.2 Å². The molecule has 0 atom stereocenters. The van der Waals surface area contributed by atoms with E-state index >= 15 is 0 Å². The summed E-state index contributed by atoms with van der Waals surface area (Å²) in [5, 5.41) is 12.1. The quantitative estimate of drug-likeness (QED) is 0.748. The molecule has 1 amide bonds. The Hall–Kier alpha value is -1.11. The molecule has 0 heterocycles. The van der Waals surface area contributed by atoms with Crippen molar-refractivity contribution in [3.63, 3.8) is 0 Å². The van der Waals surface area contributed by atoms with Crippen LogP contribution in [-0.2, 0) is 9.59 Å². The van der Waals surface area contributed by atoms with Crippen LogP contribution in [-0.4, -0.2) is 17.0 Å². The molecule has 0 saturated carbocycles. The molecule has 5 heteroatoms. The van der Waals surface area contributed by atoms with E-state index in [2.05, 4.69) is 27.9 Å². The van der Waals surface area contributed by atoms with Crippen LogP contribution in [0.2, 0.25) is 0 Å². The maximum atomic E-state index is 12.0. The number of anilines is 1. The number of benzene rings is 1. The first-order chi connectivity index (χ1) is 8.95. The summed E-state index contributed by atoms with van der Waals surface area (Å²) in [6, 6.07) is 7.42. The van der Waals surface area contributed by atoms with Crippen molar-refractivity contribution in [1.29, 1.82) is 0 Å². The van der Waals surface area contributed by atoms with E-state index in [4.69, 9.17) is 0 Å². The lowest BCUT2D eigenvalue weighted by Gasteiger charge is -2.25. The van der Waals surface area contributed by atoms with Crippen molar-refractivity contribution in [2.75, 3.05) is 5.32 Å². The highest BCUT2D eigenvalue weighted by Crippen LogP contribution is 2.31. The Kier molecular flexibility index (Phi) is 5.78. The summed E-state index contributed by atoms with van der Waals surface area (Å²) in [5.74, 6) is -1.16. The zero-order valence-corrected chi connectivity index (χ0v) is 13.2. The molecule has 0 fully saturated rings. The number of hydrogen-bond acceptors (Lipinski definition) is 2. The molecule has 0 aliphatic rings. The van der Waals surface area contributed by atoms with Gasteiger partial charge in [0.1, 0.15) is 0 Å². The number of rotatable bonds is 6. The molecule has 1 rings (SSSR count). The minimum atomic E-state index is -0.968. The molecule has 0 aliphatic heterocycles. The van der Waals surface area contributed by atoms with Gasteiger partial charge >= 0.3 is 5.97 Å². The molecule has 0 spiro atoms. The second-order valence-corrected chi connectivity index (χ2v) is 5.66. The smallest absolute Gasteiger partial charge is 0.310 e. The van der Waals surface area contributed by atoms with Gasteiger partial charge in [-0.15, -0.1) is 0 Å². The lowest BCUT2D eigenvalue weighted by atomic mass is 9.79. The van der Waals surface area contributed by atoms with Gasteiger partial charge in [-0.3, -0.25) is 9.59 Å². The van der Waals surface area contributed by atoms with Crippen molar-refractivity contribution in [2.45, 2.75) is 33.1 Å². The molecular formula is C14H18INO3. The number of nitrogens with one attached hydrogen (secondary N) is 1. The Bertz CT molecular complexity index is 470. The van der Waals surface area contributed by atoms with E-state index in [9.17, 15) is 14.7 Å². The van der Waals surface area contributed by atoms with E-state index in [0.29, 0.717) is 12.8 Å². The molecule has 4 nitrogen and oxygen atoms in total. The van der Waals surface area contributed by atoms with Gasteiger partial charge in [0.2, 0.25) is 5.91 Å². The summed E-state index contributed by atoms with van der Waals surface area (Å²) < 4.78 is 0.933. The minimum Gasteiger partial charge on any atom is -0.481 e. The molecule has 19 heavy (non-hydrogen) atoms. The number of amides is 1. The first-order valence-corrected chi connectivity index (χ1v) is 7.31. The van der Waals surface area contributed by atoms with Crippen molar-refractivity contribution < 1.29 is 14.7 Å². The predicted molar refractivity (Wildman–Crippen MR) is 83.1 cm³/mol. The molecule has 1 aromatic carbocycles. The first-order valence-electron chi connectivity index (χ1n) is 6.23. The van der Waals surface area contributed by atoms with Crippen LogP contribution < -0.4 is 5.32 Å². The standard InChI is InChI=1S/C14H18INO3/c1-3-14(4-2,13(18)19)9-12(17)16-11-8-6-5-7-10(11)15/h5-8H,3-4,9H2,1-2H3,(H,16,17)(H,18,19). The molecule has 0 aliphatic carbocycles. The second-order valence-electron chi connectivity index (χ2n) is 4.50. The molecule has 0 saturated heterocycles. The van der Waals surface area contributed by atoms with Crippen LogP contribution in [0, 0.1) is 8.99 Å². The van der Waals surface area contributed by atoms with Gasteiger partial charge in [0.15, 0.2) is 0 Å². The average Bonchev–Trinajstić information content (AvgIpc) is 2.38. The zero-order chi connectivity index (χ0) is 14.5. The van der Waals surface area contributed by atoms with Crippen molar-refractivity contribution in [2.24, 2.45) is 5.41 Å². The summed E-state index contributed by atoms with van der Waals surface area (Å²) in [5.41, 5.74) is -0.246. The van der Waals surface area contributed by atoms with Crippen molar-refractivity contribution in [3.05, 3.63) is 27.8 Å². The van der Waals surface area contributed by atoms with E-state index in [-0.39, 0.29) is 12.3 Å². The Labute approximate surface area is 126 Å². The maximum absolute atomic E-state index is 12.0. The van der Waals surface area contributed by atoms with Gasteiger partial charge in [-0.2, -0.15) is 0 Å². The normalized spacial score (nSPS) is 11.1. The number of carbonyl (C=O) groups excluding carboxylic acids is 1. The van der Waals surface area contributed by atoms with Gasteiger partial charge < -0.3 is 10.4 Å². The van der Waals surface area contributed by atoms with Crippen LogP contribution in [0.5, 0.6) is 0 Å². The van der Waals surface area contributed by atoms with E-state index in [0.717, 1.165) is 9.26 Å². The van der Waals surface area contributed by atoms with Crippen LogP contribution in [0.15, 0.2) is 24.3 Å². The van der Waals surface area contributed by atoms with E-state index in [1.54, 1.807) is 19.9 Å². The lowest BCUT2D eigenvalue weighted by Crippen LogP contribution is -2.34. The minimum absolute atomic E-state index is 0.000305. The summed E-state index contributed by atoms with van der Waals surface area (Å²) >= 11 is 2.13. The molecule has 104 valence electrons. The molecule has 2 N–H and O–H groups in total. The zero-order valence-electron chi connectivity index (χ0n) is 11.1. The van der Waals surface area contributed by atoms with Gasteiger partial charge in [-0.1, -0.05) is 26.0 Å². The maximum Gasteiger partial charge on any atom is 0.310 e. The number of aliphatic carboxylic acids is 1. The van der Waals surface area contributed by atoms with Crippen molar-refractivity contribution in [1.82, 2.24) is 0 Å². The monoisotopic (exact) mass is 375 g/mol. The number of para-hydroxylation sites is 1. The van der Waals surface area contributed by atoms with Gasteiger partial charge in [0, 0.05) is 9.99 Å². The molecule has 0 radical (unpaired) electrons. The van der Waals surface area contributed by atoms with E-state index < -0.39 is 11.4 Å². The Morgan fingerprint density at radius 1 is 1.26 bits per heavy atom. The summed E-state index contributed by atoms with van der Waals surface area (Å²) in [4.78, 5) is 23.4. The van der Waals surface area contributed by atoms with Crippen LogP contribution >= 0.6 is 22.6 Å². The van der Waals surface area contributed by atoms with E-state index in [1.165, 1.54) is 0 Å². The summed E-state index contributed by atoms with van der Waals surface area (Å²) in [7, 11) is 0. The third kappa shape index (κ3) is 3.92. The van der Waals surface area contributed by atoms with Crippen LogP contribution in [0.4, 0.5) is 5.69 Å². The number of halogens is 1. The largest absolute Gasteiger partial charge is 0.481 e. The number of carboxylic acids is 1. The molecule has 0 bridgehead atoms. The van der Waals surface area contributed by atoms with Gasteiger partial charge in [-0.25, -0.2) is 0 Å². The van der Waals surface area contributed by atoms with Crippen molar-refractivity contribution in [3.8, 4) is 0 Å². The number of carboxylic acid groups (broad SMARTS) is 1. The van der Waals surface area contributed by atoms with E-state index in [1.807, 2.05) is 18.2 Å². The van der Waals surface area contributed by atoms with Gasteiger partial charge in [0.25, 0.3) is 0 Å². The third-order valence-corrected chi connectivity index (χ3v) is 4.39. The molecule has 1 aromatic rings. The molecule has 0 unspecified atom stereocenters. The second kappa shape index (κ2) is 6.88. The molecule has 0 aromatic heterocycles. The third-order valence-electron chi connectivity index (χ3n) is 3.45. The Balaban J connectivity index is 2.80. The number of carbonyl (C=O) groups is 2. The Morgan fingerprint density at radius 2 is 1.84 bits per heavy atom. The average molecular weight is 375 g/mol. The fourth-order valence-corrected chi connectivity index (χ4v) is 2.46. The highest BCUT2D eigenvalue weighted by Gasteiger charge is 2.37. The fraction of sp³-hybridized carbons (Fsp3) is 0.429. The highest BCUT2D eigenvalue weighted by molar-refractivity contribution is 14.1. The van der Waals surface area contributed by atoms with Crippen LogP contribution in [0.25, 0.3) is 0 Å². The highest BCUT2D eigenvalue weighted by atomic mass is 127. The topological polar surface area (TPSA) is 66.4 Å². The van der Waals surface area contributed by atoms with Gasteiger partial charge in [0.05, 0.1) is 11.1 Å². The lowest BCUT2D eigenvalue weighted by molar-refractivity contribution is -0.151. The predicted octanol–water partition coefficient (Wildman–Crippen LogP) is 3.51. The SMILES string of the molecule is CCC(CC)(CC(=O)Nc1ccccc1I)C(=O)O. The van der Waals surface area contributed by atoms with Crippen LogP contribution in [0.3, 0.4) is 0 Å². The number of hydrogen-bond donors (Lipinski definition) is 2. The summed E-state index contributed by atoms with van der Waals surface area (Å²) in [6.07, 6.45) is 0.885. The fourth-order valence-electron chi connectivity index (χ4n) is 1.94. The molecular weight excluding hydrogens is 357 g/mol. The summed E-state index contributed by atoms with van der Waals surface area (Å²) in [6.45, 7) is 3.61. The van der Waals surface area contributed by atoms with Gasteiger partial charge in [-0.05, 0) is 47.6 Å². The first kappa shape index (κ1) is 15.9. The van der Waals surface area contributed by atoms with Crippen LogP contribution in [0.1, 0.15) is 33.1 Å².